The first kappa shape index (κ1) is 14.4. The molecule has 0 N–H and O–H groups in total. The summed E-state index contributed by atoms with van der Waals surface area (Å²) in [4.78, 5) is 13.8. The van der Waals surface area contributed by atoms with Crippen molar-refractivity contribution in [2.45, 2.75) is 19.1 Å². The standard InChI is InChI=1S/C13H14BrF2NO2/c1-8-6-17(7-10(5-14)19-8)13(18)11-3-2-9(15)4-12(11)16/h2-4,8,10H,5-7H2,1H3. The number of amides is 1. The van der Waals surface area contributed by atoms with Crippen molar-refractivity contribution in [3.8, 4) is 0 Å². The Hall–Kier alpha value is -1.01. The molecular weight excluding hydrogens is 320 g/mol. The van der Waals surface area contributed by atoms with E-state index in [1.165, 1.54) is 11.0 Å². The van der Waals surface area contributed by atoms with Crippen LogP contribution in [0.15, 0.2) is 18.2 Å². The Morgan fingerprint density at radius 2 is 2.21 bits per heavy atom. The monoisotopic (exact) mass is 333 g/mol. The van der Waals surface area contributed by atoms with Crippen LogP contribution in [0.5, 0.6) is 0 Å². The van der Waals surface area contributed by atoms with Gasteiger partial charge < -0.3 is 9.64 Å². The van der Waals surface area contributed by atoms with Crippen molar-refractivity contribution in [3.05, 3.63) is 35.4 Å². The fraction of sp³-hybridized carbons (Fsp3) is 0.462. The van der Waals surface area contributed by atoms with Gasteiger partial charge in [0.1, 0.15) is 11.6 Å². The van der Waals surface area contributed by atoms with Gasteiger partial charge in [-0.15, -0.1) is 0 Å². The van der Waals surface area contributed by atoms with Gasteiger partial charge in [0.05, 0.1) is 17.8 Å². The molecule has 2 atom stereocenters. The molecule has 0 radical (unpaired) electrons. The average molecular weight is 334 g/mol. The van der Waals surface area contributed by atoms with Crippen molar-refractivity contribution in [2.24, 2.45) is 0 Å². The Labute approximate surface area is 118 Å². The molecule has 1 amide bonds. The van der Waals surface area contributed by atoms with E-state index in [4.69, 9.17) is 4.74 Å². The number of carbonyl (C=O) groups excluding carboxylic acids is 1. The number of rotatable bonds is 2. The second-order valence-corrected chi connectivity index (χ2v) is 5.20. The molecule has 0 spiro atoms. The van der Waals surface area contributed by atoms with E-state index in [0.29, 0.717) is 18.4 Å². The highest BCUT2D eigenvalue weighted by molar-refractivity contribution is 9.09. The van der Waals surface area contributed by atoms with Gasteiger partial charge in [-0.2, -0.15) is 0 Å². The Kier molecular flexibility index (Phi) is 4.52. The molecule has 1 aromatic carbocycles. The van der Waals surface area contributed by atoms with Crippen molar-refractivity contribution in [1.82, 2.24) is 4.90 Å². The highest BCUT2D eigenvalue weighted by Gasteiger charge is 2.29. The quantitative estimate of drug-likeness (QED) is 0.778. The molecule has 1 aliphatic rings. The molecular formula is C13H14BrF2NO2. The van der Waals surface area contributed by atoms with Crippen LogP contribution in [-0.2, 0) is 4.74 Å². The van der Waals surface area contributed by atoms with Crippen LogP contribution in [-0.4, -0.2) is 41.4 Å². The van der Waals surface area contributed by atoms with Crippen LogP contribution in [0.1, 0.15) is 17.3 Å². The molecule has 104 valence electrons. The first-order valence-electron chi connectivity index (χ1n) is 5.97. The first-order valence-corrected chi connectivity index (χ1v) is 7.09. The molecule has 3 nitrogen and oxygen atoms in total. The maximum absolute atomic E-state index is 13.6. The van der Waals surface area contributed by atoms with Gasteiger partial charge in [0, 0.05) is 24.5 Å². The van der Waals surface area contributed by atoms with Crippen molar-refractivity contribution >= 4 is 21.8 Å². The van der Waals surface area contributed by atoms with Gasteiger partial charge in [-0.05, 0) is 19.1 Å². The maximum Gasteiger partial charge on any atom is 0.257 e. The van der Waals surface area contributed by atoms with Crippen LogP contribution < -0.4 is 0 Å². The lowest BCUT2D eigenvalue weighted by Gasteiger charge is -2.36. The predicted octanol–water partition coefficient (Wildman–Crippen LogP) is 2.59. The SMILES string of the molecule is CC1CN(C(=O)c2ccc(F)cc2F)CC(CBr)O1. The van der Waals surface area contributed by atoms with Gasteiger partial charge in [-0.25, -0.2) is 8.78 Å². The molecule has 0 aromatic heterocycles. The number of ether oxygens (including phenoxy) is 1. The number of alkyl halides is 1. The molecule has 2 rings (SSSR count). The van der Waals surface area contributed by atoms with Gasteiger partial charge >= 0.3 is 0 Å². The summed E-state index contributed by atoms with van der Waals surface area (Å²) in [5, 5.41) is 0.604. The number of morpholine rings is 1. The summed E-state index contributed by atoms with van der Waals surface area (Å²) in [7, 11) is 0. The largest absolute Gasteiger partial charge is 0.371 e. The summed E-state index contributed by atoms with van der Waals surface area (Å²) in [6.45, 7) is 2.65. The molecule has 1 aromatic rings. The van der Waals surface area contributed by atoms with Gasteiger partial charge in [0.25, 0.3) is 5.91 Å². The van der Waals surface area contributed by atoms with Crippen LogP contribution >= 0.6 is 15.9 Å². The molecule has 1 heterocycles. The molecule has 0 bridgehead atoms. The smallest absolute Gasteiger partial charge is 0.257 e. The summed E-state index contributed by atoms with van der Waals surface area (Å²) < 4.78 is 32.1. The topological polar surface area (TPSA) is 29.5 Å². The molecule has 2 unspecified atom stereocenters. The predicted molar refractivity (Wildman–Crippen MR) is 70.4 cm³/mol. The Morgan fingerprint density at radius 1 is 1.47 bits per heavy atom. The number of benzene rings is 1. The lowest BCUT2D eigenvalue weighted by atomic mass is 10.1. The summed E-state index contributed by atoms with van der Waals surface area (Å²) in [5.41, 5.74) is -0.108. The van der Waals surface area contributed by atoms with Crippen molar-refractivity contribution in [3.63, 3.8) is 0 Å². The molecule has 1 saturated heterocycles. The number of carbonyl (C=O) groups is 1. The van der Waals surface area contributed by atoms with Gasteiger partial charge in [0.2, 0.25) is 0 Å². The highest BCUT2D eigenvalue weighted by atomic mass is 79.9. The third kappa shape index (κ3) is 3.30. The lowest BCUT2D eigenvalue weighted by Crippen LogP contribution is -2.49. The van der Waals surface area contributed by atoms with Crippen LogP contribution in [0.3, 0.4) is 0 Å². The Bertz CT molecular complexity index is 484. The van der Waals surface area contributed by atoms with Crippen LogP contribution in [0.4, 0.5) is 8.78 Å². The molecule has 1 aliphatic heterocycles. The van der Waals surface area contributed by atoms with Gasteiger partial charge in [-0.3, -0.25) is 4.79 Å². The summed E-state index contributed by atoms with van der Waals surface area (Å²) in [5.74, 6) is -1.96. The Morgan fingerprint density at radius 3 is 2.84 bits per heavy atom. The third-order valence-electron chi connectivity index (χ3n) is 2.95. The number of hydrogen-bond donors (Lipinski definition) is 0. The summed E-state index contributed by atoms with van der Waals surface area (Å²) >= 11 is 3.31. The average Bonchev–Trinajstić information content (AvgIpc) is 2.37. The third-order valence-corrected chi connectivity index (χ3v) is 3.67. The first-order chi connectivity index (χ1) is 9.01. The van der Waals surface area contributed by atoms with E-state index in [0.717, 1.165) is 12.1 Å². The van der Waals surface area contributed by atoms with E-state index in [1.807, 2.05) is 6.92 Å². The van der Waals surface area contributed by atoms with E-state index in [2.05, 4.69) is 15.9 Å². The minimum Gasteiger partial charge on any atom is -0.371 e. The van der Waals surface area contributed by atoms with E-state index >= 15 is 0 Å². The molecule has 1 fully saturated rings. The second-order valence-electron chi connectivity index (χ2n) is 4.56. The normalized spacial score (nSPS) is 23.5. The van der Waals surface area contributed by atoms with Gasteiger partial charge in [-0.1, -0.05) is 15.9 Å². The zero-order valence-corrected chi connectivity index (χ0v) is 12.0. The summed E-state index contributed by atoms with van der Waals surface area (Å²) in [6, 6.07) is 2.98. The van der Waals surface area contributed by atoms with E-state index in [9.17, 15) is 13.6 Å². The Balaban J connectivity index is 2.18. The fourth-order valence-corrected chi connectivity index (χ4v) is 2.49. The summed E-state index contributed by atoms with van der Waals surface area (Å²) in [6.07, 6.45) is -0.222. The molecule has 0 aliphatic carbocycles. The van der Waals surface area contributed by atoms with E-state index in [-0.39, 0.29) is 17.8 Å². The zero-order valence-electron chi connectivity index (χ0n) is 10.4. The number of halogens is 3. The molecule has 19 heavy (non-hydrogen) atoms. The van der Waals surface area contributed by atoms with Crippen molar-refractivity contribution < 1.29 is 18.3 Å². The van der Waals surface area contributed by atoms with Gasteiger partial charge in [0.15, 0.2) is 0 Å². The number of nitrogens with zero attached hydrogens (tertiary/aromatic N) is 1. The second kappa shape index (κ2) is 5.96. The fourth-order valence-electron chi connectivity index (χ4n) is 2.13. The minimum absolute atomic E-state index is 0.108. The number of hydrogen-bond acceptors (Lipinski definition) is 2. The minimum atomic E-state index is -0.834. The van der Waals surface area contributed by atoms with Crippen molar-refractivity contribution in [1.29, 1.82) is 0 Å². The van der Waals surface area contributed by atoms with Crippen LogP contribution in [0.2, 0.25) is 0 Å². The molecule has 6 heteroatoms. The van der Waals surface area contributed by atoms with E-state index in [1.54, 1.807) is 0 Å². The van der Waals surface area contributed by atoms with Crippen molar-refractivity contribution in [2.75, 3.05) is 18.4 Å². The van der Waals surface area contributed by atoms with E-state index < -0.39 is 17.5 Å². The maximum atomic E-state index is 13.6. The highest BCUT2D eigenvalue weighted by Crippen LogP contribution is 2.18. The lowest BCUT2D eigenvalue weighted by molar-refractivity contribution is -0.0560. The molecule has 0 saturated carbocycles. The van der Waals surface area contributed by atoms with Crippen LogP contribution in [0.25, 0.3) is 0 Å². The van der Waals surface area contributed by atoms with Crippen LogP contribution in [0, 0.1) is 11.6 Å². The zero-order chi connectivity index (χ0) is 14.0.